The predicted octanol–water partition coefficient (Wildman–Crippen LogP) is 1.39. The Kier molecular flexibility index (Phi) is 6.03. The molecule has 0 N–H and O–H groups in total. The van der Waals surface area contributed by atoms with Gasteiger partial charge in [-0.05, 0) is 54.4 Å². The van der Waals surface area contributed by atoms with E-state index in [1.54, 1.807) is 16.8 Å². The molecule has 8 nitrogen and oxygen atoms in total. The molecular formula is C20H28FN7O. The topological polar surface area (TPSA) is 70.4 Å². The van der Waals surface area contributed by atoms with Crippen molar-refractivity contribution in [3.05, 3.63) is 35.9 Å². The molecule has 2 aliphatic rings. The zero-order valence-electron chi connectivity index (χ0n) is 16.9. The van der Waals surface area contributed by atoms with Gasteiger partial charge in [-0.3, -0.25) is 9.69 Å². The van der Waals surface area contributed by atoms with E-state index >= 15 is 0 Å². The quantitative estimate of drug-likeness (QED) is 0.754. The van der Waals surface area contributed by atoms with Crippen LogP contribution >= 0.6 is 0 Å². The lowest BCUT2D eigenvalue weighted by atomic mass is 9.99. The van der Waals surface area contributed by atoms with Crippen molar-refractivity contribution in [3.8, 4) is 0 Å². The Bertz CT molecular complexity index is 826. The average molecular weight is 401 g/mol. The maximum Gasteiger partial charge on any atom is 0.244 e. The van der Waals surface area contributed by atoms with Crippen LogP contribution in [0.15, 0.2) is 24.3 Å². The summed E-state index contributed by atoms with van der Waals surface area (Å²) in [4.78, 5) is 18.9. The third kappa shape index (κ3) is 4.72. The van der Waals surface area contributed by atoms with Crippen LogP contribution in [0.4, 0.5) is 10.1 Å². The molecule has 0 saturated carbocycles. The molecule has 1 aromatic carbocycles. The van der Waals surface area contributed by atoms with E-state index in [1.807, 2.05) is 15.9 Å². The second-order valence-electron chi connectivity index (χ2n) is 8.03. The average Bonchev–Trinajstić information content (AvgIpc) is 3.17. The summed E-state index contributed by atoms with van der Waals surface area (Å²) < 4.78 is 15.6. The van der Waals surface area contributed by atoms with Crippen LogP contribution in [0.2, 0.25) is 0 Å². The van der Waals surface area contributed by atoms with Crippen LogP contribution in [0.25, 0.3) is 0 Å². The van der Waals surface area contributed by atoms with Crippen molar-refractivity contribution >= 4 is 11.6 Å². The van der Waals surface area contributed by atoms with Gasteiger partial charge in [-0.2, -0.15) is 0 Å². The summed E-state index contributed by atoms with van der Waals surface area (Å²) >= 11 is 0. The van der Waals surface area contributed by atoms with Gasteiger partial charge in [0.15, 0.2) is 5.82 Å². The number of hydrogen-bond acceptors (Lipinski definition) is 6. The molecule has 1 amide bonds. The van der Waals surface area contributed by atoms with Crippen LogP contribution in [0.1, 0.15) is 25.6 Å². The number of para-hydroxylation sites is 1. The smallest absolute Gasteiger partial charge is 0.244 e. The van der Waals surface area contributed by atoms with Crippen molar-refractivity contribution in [1.29, 1.82) is 0 Å². The van der Waals surface area contributed by atoms with E-state index in [0.717, 1.165) is 24.8 Å². The molecular weight excluding hydrogens is 373 g/mol. The van der Waals surface area contributed by atoms with Crippen molar-refractivity contribution in [1.82, 2.24) is 30.0 Å². The number of likely N-dealkylation sites (tertiary alicyclic amines) is 1. The van der Waals surface area contributed by atoms with Crippen molar-refractivity contribution in [2.75, 3.05) is 44.2 Å². The van der Waals surface area contributed by atoms with Gasteiger partial charge in [-0.1, -0.05) is 19.1 Å². The van der Waals surface area contributed by atoms with E-state index in [9.17, 15) is 9.18 Å². The molecule has 156 valence electrons. The summed E-state index contributed by atoms with van der Waals surface area (Å²) in [5, 5.41) is 11.9. The Morgan fingerprint density at radius 2 is 1.83 bits per heavy atom. The first-order valence-corrected chi connectivity index (χ1v) is 10.3. The number of rotatable bonds is 5. The monoisotopic (exact) mass is 401 g/mol. The van der Waals surface area contributed by atoms with Gasteiger partial charge in [-0.15, -0.1) is 5.10 Å². The molecule has 3 heterocycles. The summed E-state index contributed by atoms with van der Waals surface area (Å²) in [6.45, 7) is 7.54. The first-order chi connectivity index (χ1) is 14.1. The fourth-order valence-electron chi connectivity index (χ4n) is 4.01. The Morgan fingerprint density at radius 1 is 1.10 bits per heavy atom. The Morgan fingerprint density at radius 3 is 2.55 bits per heavy atom. The van der Waals surface area contributed by atoms with Crippen LogP contribution in [0.3, 0.4) is 0 Å². The van der Waals surface area contributed by atoms with Crippen molar-refractivity contribution < 1.29 is 9.18 Å². The fraction of sp³-hybridized carbons (Fsp3) is 0.600. The highest BCUT2D eigenvalue weighted by Gasteiger charge is 2.24. The number of nitrogens with zero attached hydrogens (tertiary/aromatic N) is 7. The number of hydrogen-bond donors (Lipinski definition) is 0. The minimum absolute atomic E-state index is 0.000926. The molecule has 0 radical (unpaired) electrons. The number of aromatic nitrogens is 4. The number of carbonyl (C=O) groups is 1. The SMILES string of the molecule is CC1CCN(Cc2nnnn2CC(=O)N2CCN(c3ccccc3F)CC2)CC1. The Labute approximate surface area is 170 Å². The summed E-state index contributed by atoms with van der Waals surface area (Å²) in [6, 6.07) is 6.77. The number of piperazine rings is 1. The predicted molar refractivity (Wildman–Crippen MR) is 107 cm³/mol. The van der Waals surface area contributed by atoms with Gasteiger partial charge in [0, 0.05) is 26.2 Å². The molecule has 0 atom stereocenters. The van der Waals surface area contributed by atoms with Gasteiger partial charge in [0.2, 0.25) is 5.91 Å². The molecule has 2 saturated heterocycles. The molecule has 2 fully saturated rings. The molecule has 0 aliphatic carbocycles. The van der Waals surface area contributed by atoms with Crippen molar-refractivity contribution in [2.45, 2.75) is 32.9 Å². The summed E-state index contributed by atoms with van der Waals surface area (Å²) in [7, 11) is 0. The molecule has 4 rings (SSSR count). The normalized spacial score (nSPS) is 19.0. The van der Waals surface area contributed by atoms with Gasteiger partial charge in [0.25, 0.3) is 0 Å². The number of piperidine rings is 1. The largest absolute Gasteiger partial charge is 0.366 e. The number of tetrazole rings is 1. The van der Waals surface area contributed by atoms with E-state index < -0.39 is 0 Å². The van der Waals surface area contributed by atoms with Gasteiger partial charge in [0.1, 0.15) is 12.4 Å². The maximum atomic E-state index is 14.0. The third-order valence-electron chi connectivity index (χ3n) is 5.96. The number of carbonyl (C=O) groups excluding carboxylic acids is 1. The van der Waals surface area contributed by atoms with E-state index in [0.29, 0.717) is 38.4 Å². The highest BCUT2D eigenvalue weighted by Crippen LogP contribution is 2.20. The molecule has 29 heavy (non-hydrogen) atoms. The summed E-state index contributed by atoms with van der Waals surface area (Å²) in [5.41, 5.74) is 0.596. The number of halogens is 1. The highest BCUT2D eigenvalue weighted by molar-refractivity contribution is 5.76. The van der Waals surface area contributed by atoms with Gasteiger partial charge < -0.3 is 9.80 Å². The molecule has 0 spiro atoms. The van der Waals surface area contributed by atoms with E-state index in [4.69, 9.17) is 0 Å². The number of amides is 1. The van der Waals surface area contributed by atoms with E-state index in [2.05, 4.69) is 27.3 Å². The van der Waals surface area contributed by atoms with E-state index in [1.165, 1.54) is 18.9 Å². The number of benzene rings is 1. The van der Waals surface area contributed by atoms with Crippen LogP contribution in [0, 0.1) is 11.7 Å². The van der Waals surface area contributed by atoms with Crippen molar-refractivity contribution in [3.63, 3.8) is 0 Å². The summed E-state index contributed by atoms with van der Waals surface area (Å²) in [6.07, 6.45) is 2.37. The second kappa shape index (κ2) is 8.86. The first kappa shape index (κ1) is 19.8. The molecule has 1 aromatic heterocycles. The minimum atomic E-state index is -0.224. The lowest BCUT2D eigenvalue weighted by Crippen LogP contribution is -2.50. The van der Waals surface area contributed by atoms with Crippen LogP contribution in [-0.4, -0.2) is 75.2 Å². The van der Waals surface area contributed by atoms with Gasteiger partial charge >= 0.3 is 0 Å². The highest BCUT2D eigenvalue weighted by atomic mass is 19.1. The van der Waals surface area contributed by atoms with E-state index in [-0.39, 0.29) is 18.3 Å². The lowest BCUT2D eigenvalue weighted by Gasteiger charge is -2.36. The molecule has 2 aliphatic heterocycles. The summed E-state index contributed by atoms with van der Waals surface area (Å²) in [5.74, 6) is 1.28. The van der Waals surface area contributed by atoms with Crippen LogP contribution in [0.5, 0.6) is 0 Å². The van der Waals surface area contributed by atoms with Gasteiger partial charge in [0.05, 0.1) is 12.2 Å². The fourth-order valence-corrected chi connectivity index (χ4v) is 4.01. The van der Waals surface area contributed by atoms with Gasteiger partial charge in [-0.25, -0.2) is 9.07 Å². The first-order valence-electron chi connectivity index (χ1n) is 10.3. The number of anilines is 1. The zero-order chi connectivity index (χ0) is 20.2. The lowest BCUT2D eigenvalue weighted by molar-refractivity contribution is -0.132. The Hall–Kier alpha value is -2.55. The molecule has 0 unspecified atom stereocenters. The molecule has 0 bridgehead atoms. The Balaban J connectivity index is 1.30. The standard InChI is InChI=1S/C20H28FN7O/c1-16-6-8-25(9-7-16)14-19-22-23-24-28(19)15-20(29)27-12-10-26(11-13-27)18-5-3-2-4-17(18)21/h2-5,16H,6-15H2,1H3. The molecule has 2 aromatic rings. The maximum absolute atomic E-state index is 14.0. The second-order valence-corrected chi connectivity index (χ2v) is 8.03. The van der Waals surface area contributed by atoms with Crippen LogP contribution < -0.4 is 4.90 Å². The third-order valence-corrected chi connectivity index (χ3v) is 5.96. The zero-order valence-corrected chi connectivity index (χ0v) is 16.9. The van der Waals surface area contributed by atoms with Crippen molar-refractivity contribution in [2.24, 2.45) is 5.92 Å². The van der Waals surface area contributed by atoms with Crippen LogP contribution in [-0.2, 0) is 17.9 Å². The molecule has 9 heteroatoms. The minimum Gasteiger partial charge on any atom is -0.366 e.